The van der Waals surface area contributed by atoms with E-state index in [2.05, 4.69) is 31.9 Å². The van der Waals surface area contributed by atoms with Crippen LogP contribution in [0, 0.1) is 10.1 Å². The maximum absolute atomic E-state index is 10.8. The molecule has 0 amide bonds. The summed E-state index contributed by atoms with van der Waals surface area (Å²) in [4.78, 5) is 20.9. The number of nitro benzene ring substituents is 1. The first-order chi connectivity index (χ1) is 11.4. The highest BCUT2D eigenvalue weighted by atomic mass is 79.9. The van der Waals surface area contributed by atoms with Crippen molar-refractivity contribution in [1.29, 1.82) is 0 Å². The van der Waals surface area contributed by atoms with E-state index in [1.165, 1.54) is 18.2 Å². The summed E-state index contributed by atoms with van der Waals surface area (Å²) in [5.74, 6) is -0.512. The second kappa shape index (κ2) is 8.07. The van der Waals surface area contributed by atoms with Crippen molar-refractivity contribution in [1.82, 2.24) is 0 Å². The van der Waals surface area contributed by atoms with Gasteiger partial charge >= 0.3 is 5.97 Å². The van der Waals surface area contributed by atoms with Crippen molar-refractivity contribution in [2.75, 3.05) is 0 Å². The van der Waals surface area contributed by atoms with E-state index in [0.717, 1.165) is 6.08 Å². The molecule has 0 aliphatic rings. The molecule has 124 valence electrons. The molecule has 0 radical (unpaired) electrons. The Morgan fingerprint density at radius 1 is 1.25 bits per heavy atom. The van der Waals surface area contributed by atoms with Gasteiger partial charge in [0.2, 0.25) is 0 Å². The summed E-state index contributed by atoms with van der Waals surface area (Å²) in [6.45, 7) is 0.156. The van der Waals surface area contributed by atoms with Gasteiger partial charge in [-0.2, -0.15) is 0 Å². The molecule has 0 aliphatic carbocycles. The molecular formula is C16H11Br2NO5. The summed E-state index contributed by atoms with van der Waals surface area (Å²) in [7, 11) is 0. The molecule has 0 bridgehead atoms. The molecule has 0 saturated carbocycles. The minimum atomic E-state index is -1.03. The van der Waals surface area contributed by atoms with Gasteiger partial charge in [-0.3, -0.25) is 10.1 Å². The lowest BCUT2D eigenvalue weighted by molar-refractivity contribution is -0.384. The molecule has 8 heteroatoms. The van der Waals surface area contributed by atoms with Crippen LogP contribution in [-0.2, 0) is 11.4 Å². The van der Waals surface area contributed by atoms with E-state index in [9.17, 15) is 14.9 Å². The molecule has 0 aromatic heterocycles. The normalized spacial score (nSPS) is 10.8. The first-order valence-electron chi connectivity index (χ1n) is 6.63. The summed E-state index contributed by atoms with van der Waals surface area (Å²) >= 11 is 6.74. The Morgan fingerprint density at radius 2 is 1.92 bits per heavy atom. The van der Waals surface area contributed by atoms with Crippen LogP contribution < -0.4 is 4.74 Å². The van der Waals surface area contributed by atoms with Gasteiger partial charge in [0.15, 0.2) is 0 Å². The van der Waals surface area contributed by atoms with Gasteiger partial charge in [-0.1, -0.05) is 12.1 Å². The number of carboxylic acid groups (broad SMARTS) is 1. The minimum Gasteiger partial charge on any atom is -0.487 e. The first-order valence-corrected chi connectivity index (χ1v) is 8.21. The van der Waals surface area contributed by atoms with E-state index in [0.29, 0.717) is 25.8 Å². The van der Waals surface area contributed by atoms with Gasteiger partial charge in [0.05, 0.1) is 13.9 Å². The molecule has 0 fully saturated rings. The fourth-order valence-corrected chi connectivity index (χ4v) is 3.35. The lowest BCUT2D eigenvalue weighted by Gasteiger charge is -2.11. The maximum atomic E-state index is 10.8. The van der Waals surface area contributed by atoms with Gasteiger partial charge in [-0.05, 0) is 61.2 Å². The molecule has 0 atom stereocenters. The monoisotopic (exact) mass is 455 g/mol. The van der Waals surface area contributed by atoms with E-state index >= 15 is 0 Å². The number of aliphatic carboxylic acids is 1. The van der Waals surface area contributed by atoms with E-state index in [1.807, 2.05) is 0 Å². The van der Waals surface area contributed by atoms with E-state index < -0.39 is 10.9 Å². The Hall–Kier alpha value is -2.19. The van der Waals surface area contributed by atoms with Gasteiger partial charge < -0.3 is 9.84 Å². The van der Waals surface area contributed by atoms with Gasteiger partial charge in [0.1, 0.15) is 12.4 Å². The van der Waals surface area contributed by atoms with Crippen molar-refractivity contribution < 1.29 is 19.6 Å². The van der Waals surface area contributed by atoms with Crippen molar-refractivity contribution in [3.63, 3.8) is 0 Å². The zero-order valence-electron chi connectivity index (χ0n) is 12.1. The zero-order chi connectivity index (χ0) is 17.7. The smallest absolute Gasteiger partial charge is 0.328 e. The van der Waals surface area contributed by atoms with Crippen LogP contribution in [0.5, 0.6) is 5.75 Å². The number of hydrogen-bond acceptors (Lipinski definition) is 4. The number of non-ortho nitro benzene ring substituents is 1. The molecule has 2 rings (SSSR count). The highest BCUT2D eigenvalue weighted by molar-refractivity contribution is 9.11. The SMILES string of the molecule is O=C(O)/C=C/c1cc(Br)c(OCc2cccc([N+](=O)[O-])c2)c(Br)c1. The highest BCUT2D eigenvalue weighted by Gasteiger charge is 2.10. The fraction of sp³-hybridized carbons (Fsp3) is 0.0625. The highest BCUT2D eigenvalue weighted by Crippen LogP contribution is 2.35. The topological polar surface area (TPSA) is 89.7 Å². The minimum absolute atomic E-state index is 0.00314. The van der Waals surface area contributed by atoms with Gasteiger partial charge in [0, 0.05) is 18.2 Å². The third-order valence-corrected chi connectivity index (χ3v) is 4.12. The number of halogens is 2. The quantitative estimate of drug-likeness (QED) is 0.383. The van der Waals surface area contributed by atoms with Gasteiger partial charge in [-0.15, -0.1) is 0 Å². The van der Waals surface area contributed by atoms with Crippen molar-refractivity contribution in [2.45, 2.75) is 6.61 Å². The Bertz CT molecular complexity index is 797. The van der Waals surface area contributed by atoms with Gasteiger partial charge in [0.25, 0.3) is 5.69 Å². The molecule has 0 saturated heterocycles. The second-order valence-corrected chi connectivity index (χ2v) is 6.41. The Morgan fingerprint density at radius 3 is 2.50 bits per heavy atom. The van der Waals surface area contributed by atoms with Crippen LogP contribution in [-0.4, -0.2) is 16.0 Å². The lowest BCUT2D eigenvalue weighted by atomic mass is 10.2. The molecule has 0 spiro atoms. The molecular weight excluding hydrogens is 446 g/mol. The Balaban J connectivity index is 2.17. The van der Waals surface area contributed by atoms with Crippen LogP contribution in [0.25, 0.3) is 6.08 Å². The average molecular weight is 457 g/mol. The average Bonchev–Trinajstić information content (AvgIpc) is 2.52. The summed E-state index contributed by atoms with van der Waals surface area (Å²) in [6.07, 6.45) is 2.50. The standard InChI is InChI=1S/C16H11Br2NO5/c17-13-7-10(4-5-15(20)21)8-14(18)16(13)24-9-11-2-1-3-12(6-11)19(22)23/h1-8H,9H2,(H,20,21)/b5-4+. The van der Waals surface area contributed by atoms with Crippen molar-refractivity contribution >= 4 is 49.6 Å². The predicted molar refractivity (Wildman–Crippen MR) is 95.9 cm³/mol. The summed E-state index contributed by atoms with van der Waals surface area (Å²) in [5.41, 5.74) is 1.35. The third-order valence-electron chi connectivity index (χ3n) is 2.94. The summed E-state index contributed by atoms with van der Waals surface area (Å²) < 4.78 is 6.98. The molecule has 2 aromatic rings. The van der Waals surface area contributed by atoms with E-state index in [1.54, 1.807) is 24.3 Å². The number of benzene rings is 2. The predicted octanol–water partition coefficient (Wildman–Crippen LogP) is 4.80. The molecule has 24 heavy (non-hydrogen) atoms. The molecule has 0 heterocycles. The summed E-state index contributed by atoms with van der Waals surface area (Å²) in [5, 5.41) is 19.4. The van der Waals surface area contributed by atoms with E-state index in [4.69, 9.17) is 9.84 Å². The number of rotatable bonds is 6. The van der Waals surface area contributed by atoms with E-state index in [-0.39, 0.29) is 12.3 Å². The fourth-order valence-electron chi connectivity index (χ4n) is 1.90. The van der Waals surface area contributed by atoms with Crippen LogP contribution in [0.15, 0.2) is 51.4 Å². The van der Waals surface area contributed by atoms with Crippen LogP contribution in [0.4, 0.5) is 5.69 Å². The van der Waals surface area contributed by atoms with Crippen molar-refractivity contribution in [3.05, 3.63) is 72.7 Å². The lowest BCUT2D eigenvalue weighted by Crippen LogP contribution is -1.98. The summed E-state index contributed by atoms with van der Waals surface area (Å²) in [6, 6.07) is 9.63. The van der Waals surface area contributed by atoms with Gasteiger partial charge in [-0.25, -0.2) is 4.79 Å². The molecule has 2 aromatic carbocycles. The zero-order valence-corrected chi connectivity index (χ0v) is 15.3. The van der Waals surface area contributed by atoms with Crippen LogP contribution in [0.1, 0.15) is 11.1 Å². The van der Waals surface area contributed by atoms with Crippen LogP contribution in [0.2, 0.25) is 0 Å². The Kier molecular flexibility index (Phi) is 6.10. The van der Waals surface area contributed by atoms with Crippen LogP contribution >= 0.6 is 31.9 Å². The largest absolute Gasteiger partial charge is 0.487 e. The number of carbonyl (C=O) groups is 1. The molecule has 6 nitrogen and oxygen atoms in total. The van der Waals surface area contributed by atoms with Crippen LogP contribution in [0.3, 0.4) is 0 Å². The first kappa shape index (κ1) is 18.2. The van der Waals surface area contributed by atoms with Crippen molar-refractivity contribution in [2.24, 2.45) is 0 Å². The maximum Gasteiger partial charge on any atom is 0.328 e. The number of nitro groups is 1. The molecule has 1 N–H and O–H groups in total. The van der Waals surface area contributed by atoms with Crippen molar-refractivity contribution in [3.8, 4) is 5.75 Å². The number of hydrogen-bond donors (Lipinski definition) is 1. The second-order valence-electron chi connectivity index (χ2n) is 4.70. The Labute approximate surface area is 154 Å². The number of carboxylic acids is 1. The molecule has 0 unspecified atom stereocenters. The number of nitrogens with zero attached hydrogens (tertiary/aromatic N) is 1. The number of ether oxygens (including phenoxy) is 1. The third kappa shape index (κ3) is 4.90. The molecule has 0 aliphatic heterocycles.